The Morgan fingerprint density at radius 2 is 1.07 bits per heavy atom. The lowest BCUT2D eigenvalue weighted by Crippen LogP contribution is -2.26. The van der Waals surface area contributed by atoms with Crippen LogP contribution in [0.3, 0.4) is 0 Å². The van der Waals surface area contributed by atoms with Crippen molar-refractivity contribution in [3.05, 3.63) is 69.8 Å². The number of methoxy groups -OCH3 is 1. The molecule has 0 aromatic heterocycles. The van der Waals surface area contributed by atoms with E-state index in [1.165, 1.54) is 43.5 Å². The molecule has 2 aromatic carbocycles. The Morgan fingerprint density at radius 1 is 0.634 bits per heavy atom. The smallest absolute Gasteiger partial charge is 0.193 e. The molecule has 0 amide bonds. The van der Waals surface area contributed by atoms with Crippen molar-refractivity contribution in [3.8, 4) is 0 Å². The molecule has 11 nitrogen and oxygen atoms in total. The highest BCUT2D eigenvalue weighted by Gasteiger charge is 2.44. The van der Waals surface area contributed by atoms with Crippen LogP contribution in [-0.4, -0.2) is 92.3 Å². The molecule has 0 spiro atoms. The summed E-state index contributed by atoms with van der Waals surface area (Å²) in [4.78, 5) is 89.9. The summed E-state index contributed by atoms with van der Waals surface area (Å²) in [5.41, 5.74) is 0.0723. The molecular weight excluding hydrogens is 536 g/mol. The summed E-state index contributed by atoms with van der Waals surface area (Å²) < 4.78 is 15.1. The Bertz CT molecular complexity index is 1440. The second kappa shape index (κ2) is 13.1. The molecule has 11 heteroatoms. The summed E-state index contributed by atoms with van der Waals surface area (Å²) in [6.45, 7) is 0.382. The Balaban J connectivity index is 1.48. The number of Topliss-reactive ketones (excluding diaryl/α,β-unsaturated/α-hetero) is 6. The van der Waals surface area contributed by atoms with Crippen LogP contribution in [0.15, 0.2) is 36.4 Å². The molecule has 2 aliphatic carbocycles. The zero-order valence-corrected chi connectivity index (χ0v) is 22.3. The fourth-order valence-electron chi connectivity index (χ4n) is 4.87. The molecule has 0 radical (unpaired) electrons. The maximum Gasteiger partial charge on any atom is 0.193 e. The van der Waals surface area contributed by atoms with Crippen molar-refractivity contribution >= 4 is 40.5 Å². The predicted molar refractivity (Wildman–Crippen MR) is 140 cm³/mol. The largest absolute Gasteiger partial charge is 0.394 e. The van der Waals surface area contributed by atoms with Crippen LogP contribution >= 0.6 is 0 Å². The fraction of sp³-hybridized carbons (Fsp3) is 0.367. The molecule has 2 atom stereocenters. The van der Waals surface area contributed by atoms with Crippen molar-refractivity contribution < 1.29 is 52.9 Å². The summed E-state index contributed by atoms with van der Waals surface area (Å²) in [5.74, 6) is -7.48. The lowest BCUT2D eigenvalue weighted by molar-refractivity contribution is -0.122. The lowest BCUT2D eigenvalue weighted by atomic mass is 9.95. The minimum atomic E-state index is -1.52. The van der Waals surface area contributed by atoms with Crippen LogP contribution in [0.5, 0.6) is 0 Å². The highest BCUT2D eigenvalue weighted by atomic mass is 16.5. The standard InChI is InChI=1S/C30H28O11/c1-39-12-13-41-10-7-23(33)25-28(36)19-5-3-17(15-21(19)30(25)38)26(34)16-2-4-18-20(14-16)29(37)24(27(18)35)22(32)6-9-40-11-8-31/h2-5,14-15,24-25,31H,6-13H2,1H3. The molecule has 41 heavy (non-hydrogen) atoms. The average molecular weight is 565 g/mol. The van der Waals surface area contributed by atoms with Gasteiger partial charge in [0.2, 0.25) is 0 Å². The Hall–Kier alpha value is -4.03. The monoisotopic (exact) mass is 564 g/mol. The van der Waals surface area contributed by atoms with Gasteiger partial charge in [-0.05, 0) is 24.3 Å². The minimum Gasteiger partial charge on any atom is -0.394 e. The van der Waals surface area contributed by atoms with Crippen LogP contribution in [0, 0.1) is 11.8 Å². The summed E-state index contributed by atoms with van der Waals surface area (Å²) in [6, 6.07) is 7.82. The number of ketones is 7. The Kier molecular flexibility index (Phi) is 9.56. The van der Waals surface area contributed by atoms with Gasteiger partial charge in [-0.1, -0.05) is 12.1 Å². The first-order chi connectivity index (χ1) is 19.7. The van der Waals surface area contributed by atoms with Crippen LogP contribution < -0.4 is 0 Å². The number of aliphatic hydroxyl groups excluding tert-OH is 1. The number of hydrogen-bond donors (Lipinski definition) is 1. The number of rotatable bonds is 15. The van der Waals surface area contributed by atoms with Crippen molar-refractivity contribution in [1.82, 2.24) is 0 Å². The van der Waals surface area contributed by atoms with E-state index >= 15 is 0 Å². The first-order valence-electron chi connectivity index (χ1n) is 13.0. The number of aliphatic hydroxyl groups is 1. The van der Waals surface area contributed by atoms with E-state index in [0.29, 0.717) is 6.61 Å². The molecule has 2 unspecified atom stereocenters. The third-order valence-corrected chi connectivity index (χ3v) is 6.97. The van der Waals surface area contributed by atoms with Gasteiger partial charge in [-0.25, -0.2) is 0 Å². The topological polar surface area (TPSA) is 167 Å². The van der Waals surface area contributed by atoms with E-state index in [9.17, 15) is 33.6 Å². The van der Waals surface area contributed by atoms with Gasteiger partial charge in [0.1, 0.15) is 11.8 Å². The highest BCUT2D eigenvalue weighted by Crippen LogP contribution is 2.32. The van der Waals surface area contributed by atoms with Crippen LogP contribution in [0.2, 0.25) is 0 Å². The number of ether oxygens (including phenoxy) is 3. The average Bonchev–Trinajstić information content (AvgIpc) is 3.37. The summed E-state index contributed by atoms with van der Waals surface area (Å²) in [5, 5.41) is 8.75. The molecule has 4 rings (SSSR count). The van der Waals surface area contributed by atoms with Gasteiger partial charge in [0.25, 0.3) is 0 Å². The van der Waals surface area contributed by atoms with Gasteiger partial charge in [0.05, 0.1) is 39.6 Å². The highest BCUT2D eigenvalue weighted by molar-refractivity contribution is 6.37. The van der Waals surface area contributed by atoms with Gasteiger partial charge in [0, 0.05) is 53.3 Å². The van der Waals surface area contributed by atoms with E-state index in [0.717, 1.165) is 0 Å². The number of hydrogen-bond acceptors (Lipinski definition) is 11. The molecule has 0 fully saturated rings. The minimum absolute atomic E-state index is 0.0230. The van der Waals surface area contributed by atoms with Crippen LogP contribution in [0.25, 0.3) is 0 Å². The van der Waals surface area contributed by atoms with E-state index in [1.807, 2.05) is 0 Å². The molecule has 1 N–H and O–H groups in total. The van der Waals surface area contributed by atoms with Crippen molar-refractivity contribution in [1.29, 1.82) is 0 Å². The first kappa shape index (κ1) is 29.9. The molecule has 0 bridgehead atoms. The summed E-state index contributed by atoms with van der Waals surface area (Å²) in [7, 11) is 1.50. The van der Waals surface area contributed by atoms with Gasteiger partial charge >= 0.3 is 0 Å². The zero-order chi connectivity index (χ0) is 29.7. The number of fused-ring (bicyclic) bond motifs is 2. The van der Waals surface area contributed by atoms with E-state index in [-0.39, 0.29) is 79.3 Å². The van der Waals surface area contributed by atoms with Gasteiger partial charge in [-0.2, -0.15) is 0 Å². The molecule has 2 aliphatic rings. The van der Waals surface area contributed by atoms with Crippen molar-refractivity contribution in [2.75, 3.05) is 46.8 Å². The summed E-state index contributed by atoms with van der Waals surface area (Å²) >= 11 is 0. The van der Waals surface area contributed by atoms with E-state index in [1.54, 1.807) is 0 Å². The fourth-order valence-corrected chi connectivity index (χ4v) is 4.87. The zero-order valence-electron chi connectivity index (χ0n) is 22.3. The second-order valence-electron chi connectivity index (χ2n) is 9.55. The molecular formula is C30H28O11. The molecule has 2 aromatic rings. The third-order valence-electron chi connectivity index (χ3n) is 6.97. The Labute approximate surface area is 234 Å². The maximum atomic E-state index is 13.3. The van der Waals surface area contributed by atoms with Crippen molar-refractivity contribution in [3.63, 3.8) is 0 Å². The molecule has 0 saturated carbocycles. The van der Waals surface area contributed by atoms with E-state index in [4.69, 9.17) is 19.3 Å². The quantitative estimate of drug-likeness (QED) is 0.189. The predicted octanol–water partition coefficient (Wildman–Crippen LogP) is 1.50. The number of carbonyl (C=O) groups excluding carboxylic acids is 7. The van der Waals surface area contributed by atoms with E-state index < -0.39 is 52.3 Å². The second-order valence-corrected chi connectivity index (χ2v) is 9.55. The van der Waals surface area contributed by atoms with Crippen molar-refractivity contribution in [2.45, 2.75) is 12.8 Å². The lowest BCUT2D eigenvalue weighted by Gasteiger charge is -2.06. The molecule has 214 valence electrons. The van der Waals surface area contributed by atoms with Gasteiger partial charge < -0.3 is 19.3 Å². The van der Waals surface area contributed by atoms with Crippen LogP contribution in [-0.2, 0) is 23.8 Å². The van der Waals surface area contributed by atoms with Crippen LogP contribution in [0.4, 0.5) is 0 Å². The number of benzene rings is 2. The maximum absolute atomic E-state index is 13.3. The van der Waals surface area contributed by atoms with Crippen LogP contribution in [0.1, 0.15) is 70.2 Å². The molecule has 0 saturated heterocycles. The SMILES string of the molecule is COCCOCCC(=O)C1C(=O)c2ccc(C(=O)c3ccc4c(c3)C(=O)C(C(=O)CCOCCO)C4=O)cc2C1=O. The van der Waals surface area contributed by atoms with E-state index in [2.05, 4.69) is 0 Å². The molecule has 0 aliphatic heterocycles. The van der Waals surface area contributed by atoms with Crippen molar-refractivity contribution in [2.24, 2.45) is 11.8 Å². The van der Waals surface area contributed by atoms with Gasteiger partial charge in [0.15, 0.2) is 40.5 Å². The summed E-state index contributed by atoms with van der Waals surface area (Å²) in [6.07, 6.45) is -0.319. The number of carbonyl (C=O) groups is 7. The van der Waals surface area contributed by atoms with Gasteiger partial charge in [-0.15, -0.1) is 0 Å². The van der Waals surface area contributed by atoms with Gasteiger partial charge in [-0.3, -0.25) is 33.6 Å². The third kappa shape index (κ3) is 6.03. The Morgan fingerprint density at radius 3 is 1.51 bits per heavy atom. The normalized spacial score (nSPS) is 17.6. The first-order valence-corrected chi connectivity index (χ1v) is 13.0. The molecule has 0 heterocycles.